The lowest BCUT2D eigenvalue weighted by Crippen LogP contribution is -1.84. The van der Waals surface area contributed by atoms with E-state index in [4.69, 9.17) is 0 Å². The van der Waals surface area contributed by atoms with Crippen LogP contribution in [0.3, 0.4) is 0 Å². The number of aromatic nitrogens is 1. The van der Waals surface area contributed by atoms with E-state index in [1.165, 1.54) is 16.7 Å². The summed E-state index contributed by atoms with van der Waals surface area (Å²) in [6.45, 7) is 0. The molecule has 0 saturated heterocycles. The Kier molecular flexibility index (Phi) is 3.11. The van der Waals surface area contributed by atoms with E-state index in [0.29, 0.717) is 5.01 Å². The van der Waals surface area contributed by atoms with Crippen molar-refractivity contribution in [3.63, 3.8) is 0 Å². The van der Waals surface area contributed by atoms with E-state index < -0.39 is 6.43 Å². The maximum Gasteiger partial charge on any atom is 0.281 e. The molecule has 0 aliphatic rings. The standard InChI is InChI=1S/C10H6BrF2NS/c11-7-4-2-1-3-6(7)10-14-8(5-15-10)9(12)13/h1-5,9H. The predicted octanol–water partition coefficient (Wildman–Crippen LogP) is 4.51. The van der Waals surface area contributed by atoms with Gasteiger partial charge in [0.15, 0.2) is 0 Å². The van der Waals surface area contributed by atoms with Gasteiger partial charge in [-0.15, -0.1) is 11.3 Å². The molecule has 1 aromatic carbocycles. The minimum absolute atomic E-state index is 0.161. The highest BCUT2D eigenvalue weighted by molar-refractivity contribution is 9.10. The molecule has 0 aliphatic heterocycles. The van der Waals surface area contributed by atoms with Crippen LogP contribution >= 0.6 is 27.3 Å². The molecule has 0 fully saturated rings. The third-order valence-corrected chi connectivity index (χ3v) is 3.44. The van der Waals surface area contributed by atoms with Gasteiger partial charge in [-0.05, 0) is 6.07 Å². The monoisotopic (exact) mass is 289 g/mol. The van der Waals surface area contributed by atoms with Crippen molar-refractivity contribution in [1.82, 2.24) is 4.98 Å². The first kappa shape index (κ1) is 10.7. The molecule has 15 heavy (non-hydrogen) atoms. The highest BCUT2D eigenvalue weighted by Gasteiger charge is 2.13. The highest BCUT2D eigenvalue weighted by Crippen LogP contribution is 2.32. The summed E-state index contributed by atoms with van der Waals surface area (Å²) in [6.07, 6.45) is -2.50. The zero-order valence-electron chi connectivity index (χ0n) is 7.45. The van der Waals surface area contributed by atoms with Gasteiger partial charge in [-0.25, -0.2) is 13.8 Å². The third kappa shape index (κ3) is 2.23. The average Bonchev–Trinajstić information content (AvgIpc) is 2.67. The molecule has 1 aromatic heterocycles. The van der Waals surface area contributed by atoms with Crippen molar-refractivity contribution in [2.24, 2.45) is 0 Å². The molecule has 0 aliphatic carbocycles. The van der Waals surface area contributed by atoms with Crippen LogP contribution in [0.5, 0.6) is 0 Å². The SMILES string of the molecule is FC(F)c1csc(-c2ccccc2Br)n1. The first-order chi connectivity index (χ1) is 7.18. The van der Waals surface area contributed by atoms with E-state index >= 15 is 0 Å². The molecule has 0 spiro atoms. The molecule has 1 nitrogen and oxygen atoms in total. The van der Waals surface area contributed by atoms with Crippen LogP contribution in [0.1, 0.15) is 12.1 Å². The molecule has 2 aromatic rings. The summed E-state index contributed by atoms with van der Waals surface area (Å²) in [5.74, 6) is 0. The van der Waals surface area contributed by atoms with Gasteiger partial charge in [-0.1, -0.05) is 34.1 Å². The van der Waals surface area contributed by atoms with Crippen LogP contribution < -0.4 is 0 Å². The summed E-state index contributed by atoms with van der Waals surface area (Å²) in [6, 6.07) is 7.43. The lowest BCUT2D eigenvalue weighted by Gasteiger charge is -1.98. The van der Waals surface area contributed by atoms with Gasteiger partial charge in [0.2, 0.25) is 0 Å². The molecule has 0 N–H and O–H groups in total. The summed E-state index contributed by atoms with van der Waals surface area (Å²) < 4.78 is 25.5. The molecule has 0 amide bonds. The van der Waals surface area contributed by atoms with E-state index in [0.717, 1.165) is 10.0 Å². The first-order valence-corrected chi connectivity index (χ1v) is 5.84. The smallest absolute Gasteiger partial charge is 0.235 e. The molecular formula is C10H6BrF2NS. The van der Waals surface area contributed by atoms with Crippen LogP contribution in [0.25, 0.3) is 10.6 Å². The fraction of sp³-hybridized carbons (Fsp3) is 0.100. The first-order valence-electron chi connectivity index (χ1n) is 4.17. The molecule has 1 heterocycles. The number of nitrogens with zero attached hydrogens (tertiary/aromatic N) is 1. The second-order valence-corrected chi connectivity index (χ2v) is 4.57. The Morgan fingerprint density at radius 1 is 1.27 bits per heavy atom. The van der Waals surface area contributed by atoms with E-state index in [9.17, 15) is 8.78 Å². The summed E-state index contributed by atoms with van der Waals surface area (Å²) in [5, 5.41) is 2.00. The van der Waals surface area contributed by atoms with Gasteiger partial charge in [-0.2, -0.15) is 0 Å². The van der Waals surface area contributed by atoms with E-state index in [1.54, 1.807) is 0 Å². The van der Waals surface area contributed by atoms with Crippen LogP contribution in [0.2, 0.25) is 0 Å². The fourth-order valence-electron chi connectivity index (χ4n) is 1.14. The Balaban J connectivity index is 2.42. The highest BCUT2D eigenvalue weighted by atomic mass is 79.9. The van der Waals surface area contributed by atoms with Crippen LogP contribution in [-0.2, 0) is 0 Å². The van der Waals surface area contributed by atoms with Crippen LogP contribution in [0.15, 0.2) is 34.1 Å². The zero-order valence-corrected chi connectivity index (χ0v) is 9.86. The molecule has 0 unspecified atom stereocenters. The number of thiazole rings is 1. The zero-order chi connectivity index (χ0) is 10.8. The molecule has 0 atom stereocenters. The van der Waals surface area contributed by atoms with Crippen molar-refractivity contribution in [1.29, 1.82) is 0 Å². The van der Waals surface area contributed by atoms with Crippen molar-refractivity contribution in [3.05, 3.63) is 39.8 Å². The van der Waals surface area contributed by atoms with E-state index in [2.05, 4.69) is 20.9 Å². The maximum atomic E-state index is 12.3. The van der Waals surface area contributed by atoms with Gasteiger partial charge >= 0.3 is 0 Å². The topological polar surface area (TPSA) is 12.9 Å². The lowest BCUT2D eigenvalue weighted by molar-refractivity contribution is 0.147. The second kappa shape index (κ2) is 4.37. The van der Waals surface area contributed by atoms with Gasteiger partial charge < -0.3 is 0 Å². The number of rotatable bonds is 2. The Morgan fingerprint density at radius 3 is 2.60 bits per heavy atom. The van der Waals surface area contributed by atoms with Crippen LogP contribution in [0.4, 0.5) is 8.78 Å². The Morgan fingerprint density at radius 2 is 2.00 bits per heavy atom. The minimum Gasteiger partial charge on any atom is -0.235 e. The second-order valence-electron chi connectivity index (χ2n) is 2.86. The van der Waals surface area contributed by atoms with Gasteiger partial charge in [-0.3, -0.25) is 0 Å². The van der Waals surface area contributed by atoms with Crippen molar-refractivity contribution >= 4 is 27.3 Å². The number of benzene rings is 1. The summed E-state index contributed by atoms with van der Waals surface area (Å²) in [4.78, 5) is 3.88. The van der Waals surface area contributed by atoms with Crippen molar-refractivity contribution in [2.45, 2.75) is 6.43 Å². The summed E-state index contributed by atoms with van der Waals surface area (Å²) >= 11 is 4.58. The minimum atomic E-state index is -2.50. The van der Waals surface area contributed by atoms with Crippen molar-refractivity contribution < 1.29 is 8.78 Å². The fourth-order valence-corrected chi connectivity index (χ4v) is 2.60. The van der Waals surface area contributed by atoms with Gasteiger partial charge in [0, 0.05) is 15.4 Å². The Labute approximate surface area is 97.9 Å². The largest absolute Gasteiger partial charge is 0.281 e. The molecule has 0 bridgehead atoms. The summed E-state index contributed by atoms with van der Waals surface area (Å²) in [7, 11) is 0. The average molecular weight is 290 g/mol. The van der Waals surface area contributed by atoms with Crippen molar-refractivity contribution in [3.8, 4) is 10.6 Å². The normalized spacial score (nSPS) is 10.9. The number of hydrogen-bond donors (Lipinski definition) is 0. The van der Waals surface area contributed by atoms with Gasteiger partial charge in [0.1, 0.15) is 10.7 Å². The van der Waals surface area contributed by atoms with Gasteiger partial charge in [0.25, 0.3) is 6.43 Å². The number of alkyl halides is 2. The molecule has 78 valence electrons. The lowest BCUT2D eigenvalue weighted by atomic mass is 10.2. The van der Waals surface area contributed by atoms with E-state index in [1.807, 2.05) is 24.3 Å². The molecular weight excluding hydrogens is 284 g/mol. The molecule has 2 rings (SSSR count). The maximum absolute atomic E-state index is 12.3. The van der Waals surface area contributed by atoms with Crippen LogP contribution in [-0.4, -0.2) is 4.98 Å². The summed E-state index contributed by atoms with van der Waals surface area (Å²) in [5.41, 5.74) is 0.681. The number of hydrogen-bond acceptors (Lipinski definition) is 2. The molecule has 0 saturated carbocycles. The van der Waals surface area contributed by atoms with Gasteiger partial charge in [0.05, 0.1) is 0 Å². The molecule has 0 radical (unpaired) electrons. The number of halogens is 3. The Bertz CT molecular complexity index is 470. The van der Waals surface area contributed by atoms with E-state index in [-0.39, 0.29) is 5.69 Å². The third-order valence-electron chi connectivity index (χ3n) is 1.85. The Hall–Kier alpha value is -0.810. The van der Waals surface area contributed by atoms with Crippen molar-refractivity contribution in [2.75, 3.05) is 0 Å². The predicted molar refractivity (Wildman–Crippen MR) is 60.2 cm³/mol. The molecule has 5 heteroatoms. The quantitative estimate of drug-likeness (QED) is 0.793. The van der Waals surface area contributed by atoms with Crippen LogP contribution in [0, 0.1) is 0 Å².